The number of rotatable bonds is 4. The highest BCUT2D eigenvalue weighted by atomic mass is 35.5. The van der Waals surface area contributed by atoms with Gasteiger partial charge >= 0.3 is 0 Å². The molecule has 196 valence electrons. The number of nitrogens with zero attached hydrogens (tertiary/aromatic N) is 2. The van der Waals surface area contributed by atoms with E-state index < -0.39 is 22.8 Å². The molecule has 7 rings (SSSR count). The number of carbonyl (C=O) groups excluding carboxylic acids is 2. The Bertz CT molecular complexity index is 1900. The largest absolute Gasteiger partial charge is 0.450 e. The van der Waals surface area contributed by atoms with Crippen LogP contribution in [0.25, 0.3) is 11.0 Å². The predicted octanol–water partition coefficient (Wildman–Crippen LogP) is 6.55. The lowest BCUT2D eigenvalue weighted by molar-refractivity contribution is -0.126. The fourth-order valence-electron chi connectivity index (χ4n) is 5.88. The van der Waals surface area contributed by atoms with Gasteiger partial charge < -0.3 is 14.2 Å². The molecule has 2 aliphatic heterocycles. The molecule has 0 saturated carbocycles. The van der Waals surface area contributed by atoms with Gasteiger partial charge in [-0.3, -0.25) is 14.4 Å². The molecule has 40 heavy (non-hydrogen) atoms. The zero-order valence-corrected chi connectivity index (χ0v) is 22.4. The van der Waals surface area contributed by atoms with Crippen LogP contribution in [-0.4, -0.2) is 16.7 Å². The van der Waals surface area contributed by atoms with E-state index >= 15 is 0 Å². The number of hydrogen-bond donors (Lipinski definition) is 0. The van der Waals surface area contributed by atoms with Crippen LogP contribution in [0.15, 0.2) is 106 Å². The lowest BCUT2D eigenvalue weighted by Gasteiger charge is -2.34. The molecule has 0 N–H and O–H groups in total. The summed E-state index contributed by atoms with van der Waals surface area (Å²) in [7, 11) is 0. The van der Waals surface area contributed by atoms with Gasteiger partial charge in [0.1, 0.15) is 5.58 Å². The third-order valence-electron chi connectivity index (χ3n) is 7.64. The lowest BCUT2D eigenvalue weighted by Crippen LogP contribution is -2.52. The van der Waals surface area contributed by atoms with Crippen molar-refractivity contribution >= 4 is 51.7 Å². The van der Waals surface area contributed by atoms with Gasteiger partial charge in [-0.15, -0.1) is 0 Å². The molecule has 0 fully saturated rings. The molecular formula is C32H20Cl2N2O4. The zero-order chi connectivity index (χ0) is 27.6. The van der Waals surface area contributed by atoms with Gasteiger partial charge in [-0.2, -0.15) is 0 Å². The molecule has 5 aromatic rings. The van der Waals surface area contributed by atoms with Crippen LogP contribution in [0.4, 0.5) is 5.69 Å². The standard InChI is InChI=1S/C32H20Cl2N2O4/c33-21-12-10-20(11-13-21)17-35-25-9-5-4-8-24(25)32(31(35)39)27-28(37)23-16-22(34)14-15-26(23)40-29(27)30(38)36(32)18-19-6-2-1-3-7-19/h1-16H,17-18H2. The van der Waals surface area contributed by atoms with Crippen LogP contribution in [0.3, 0.4) is 0 Å². The summed E-state index contributed by atoms with van der Waals surface area (Å²) in [4.78, 5) is 46.3. The smallest absolute Gasteiger partial charge is 0.291 e. The van der Waals surface area contributed by atoms with Gasteiger partial charge in [-0.25, -0.2) is 0 Å². The van der Waals surface area contributed by atoms with Gasteiger partial charge in [-0.1, -0.05) is 83.9 Å². The fraction of sp³-hybridized carbons (Fsp3) is 0.0938. The summed E-state index contributed by atoms with van der Waals surface area (Å²) in [5, 5.41) is 1.14. The molecule has 6 nitrogen and oxygen atoms in total. The van der Waals surface area contributed by atoms with Gasteiger partial charge in [-0.05, 0) is 47.5 Å². The first-order chi connectivity index (χ1) is 19.4. The first-order valence-corrected chi connectivity index (χ1v) is 13.4. The maximum Gasteiger partial charge on any atom is 0.291 e. The Hall–Kier alpha value is -4.39. The van der Waals surface area contributed by atoms with Crippen molar-refractivity contribution in [1.82, 2.24) is 4.90 Å². The van der Waals surface area contributed by atoms with Crippen LogP contribution in [0.1, 0.15) is 32.8 Å². The molecule has 1 spiro atoms. The van der Waals surface area contributed by atoms with Crippen LogP contribution in [0, 0.1) is 0 Å². The van der Waals surface area contributed by atoms with Gasteiger partial charge in [0.25, 0.3) is 11.8 Å². The van der Waals surface area contributed by atoms with Crippen LogP contribution in [0.2, 0.25) is 10.0 Å². The minimum Gasteiger partial charge on any atom is -0.450 e. The van der Waals surface area contributed by atoms with Crippen molar-refractivity contribution in [3.63, 3.8) is 0 Å². The summed E-state index contributed by atoms with van der Waals surface area (Å²) in [6.07, 6.45) is 0. The van der Waals surface area contributed by atoms with E-state index in [9.17, 15) is 14.4 Å². The highest BCUT2D eigenvalue weighted by molar-refractivity contribution is 6.31. The van der Waals surface area contributed by atoms with E-state index in [1.165, 1.54) is 11.0 Å². The van der Waals surface area contributed by atoms with Crippen molar-refractivity contribution in [3.8, 4) is 0 Å². The second-order valence-corrected chi connectivity index (χ2v) is 10.8. The third-order valence-corrected chi connectivity index (χ3v) is 8.12. The van der Waals surface area contributed by atoms with E-state index in [4.69, 9.17) is 27.6 Å². The average molecular weight is 567 g/mol. The highest BCUT2D eigenvalue weighted by Crippen LogP contribution is 2.53. The monoisotopic (exact) mass is 566 g/mol. The summed E-state index contributed by atoms with van der Waals surface area (Å²) in [5.41, 5.74) is 0.888. The molecule has 8 heteroatoms. The molecule has 1 aromatic heterocycles. The number of para-hydroxylation sites is 1. The van der Waals surface area contributed by atoms with Crippen molar-refractivity contribution in [3.05, 3.63) is 145 Å². The Kier molecular flexibility index (Phi) is 5.59. The Morgan fingerprint density at radius 3 is 2.17 bits per heavy atom. The molecule has 1 atom stereocenters. The molecule has 2 aliphatic rings. The SMILES string of the molecule is O=C1c2oc3ccc(Cl)cc3c(=O)c2C2(C(=O)N(Cc3ccc(Cl)cc3)c3ccccc32)N1Cc1ccccc1. The minimum atomic E-state index is -1.72. The molecular weight excluding hydrogens is 547 g/mol. The van der Waals surface area contributed by atoms with Crippen LogP contribution in [0.5, 0.6) is 0 Å². The number of halogens is 2. The lowest BCUT2D eigenvalue weighted by atomic mass is 9.83. The summed E-state index contributed by atoms with van der Waals surface area (Å²) >= 11 is 12.4. The van der Waals surface area contributed by atoms with E-state index in [1.54, 1.807) is 35.2 Å². The molecule has 1 unspecified atom stereocenters. The van der Waals surface area contributed by atoms with Crippen LogP contribution >= 0.6 is 23.2 Å². The maximum absolute atomic E-state index is 14.8. The molecule has 0 bridgehead atoms. The fourth-order valence-corrected chi connectivity index (χ4v) is 6.18. The van der Waals surface area contributed by atoms with Gasteiger partial charge in [0.05, 0.1) is 23.2 Å². The Morgan fingerprint density at radius 1 is 0.725 bits per heavy atom. The van der Waals surface area contributed by atoms with Gasteiger partial charge in [0.15, 0.2) is 11.0 Å². The van der Waals surface area contributed by atoms with Crippen LogP contribution < -0.4 is 10.3 Å². The quantitative estimate of drug-likeness (QED) is 0.247. The second kappa shape index (κ2) is 9.08. The van der Waals surface area contributed by atoms with Crippen molar-refractivity contribution in [2.45, 2.75) is 18.6 Å². The van der Waals surface area contributed by atoms with Gasteiger partial charge in [0.2, 0.25) is 5.76 Å². The number of benzene rings is 4. The van der Waals surface area contributed by atoms with E-state index in [1.807, 2.05) is 60.7 Å². The minimum absolute atomic E-state index is 0.0132. The van der Waals surface area contributed by atoms with E-state index in [0.717, 1.165) is 11.1 Å². The van der Waals surface area contributed by atoms with E-state index in [2.05, 4.69) is 0 Å². The predicted molar refractivity (Wildman–Crippen MR) is 154 cm³/mol. The summed E-state index contributed by atoms with van der Waals surface area (Å²) in [5.74, 6) is -1.06. The Morgan fingerprint density at radius 2 is 1.40 bits per heavy atom. The Balaban J connectivity index is 1.51. The molecule has 3 heterocycles. The second-order valence-electron chi connectivity index (χ2n) is 9.90. The van der Waals surface area contributed by atoms with E-state index in [-0.39, 0.29) is 35.4 Å². The number of carbonyl (C=O) groups is 2. The highest BCUT2D eigenvalue weighted by Gasteiger charge is 2.64. The van der Waals surface area contributed by atoms with E-state index in [0.29, 0.717) is 21.3 Å². The number of hydrogen-bond acceptors (Lipinski definition) is 4. The molecule has 4 aromatic carbocycles. The molecule has 0 saturated heterocycles. The third kappa shape index (κ3) is 3.46. The Labute approximate surface area is 239 Å². The van der Waals surface area contributed by atoms with Crippen molar-refractivity contribution < 1.29 is 14.0 Å². The van der Waals surface area contributed by atoms with Gasteiger partial charge in [0, 0.05) is 22.2 Å². The number of amides is 2. The molecule has 0 aliphatic carbocycles. The molecule has 2 amide bonds. The van der Waals surface area contributed by atoms with Crippen molar-refractivity contribution in [1.29, 1.82) is 0 Å². The molecule has 0 radical (unpaired) electrons. The topological polar surface area (TPSA) is 70.8 Å². The van der Waals surface area contributed by atoms with Crippen molar-refractivity contribution in [2.24, 2.45) is 0 Å². The normalized spacial score (nSPS) is 17.6. The van der Waals surface area contributed by atoms with Crippen LogP contribution in [-0.2, 0) is 23.4 Å². The van der Waals surface area contributed by atoms with Crippen molar-refractivity contribution in [2.75, 3.05) is 4.90 Å². The maximum atomic E-state index is 14.8. The zero-order valence-electron chi connectivity index (χ0n) is 20.9. The summed E-state index contributed by atoms with van der Waals surface area (Å²) in [6, 6.07) is 28.6. The first kappa shape index (κ1) is 24.6. The average Bonchev–Trinajstić information content (AvgIpc) is 3.35. The first-order valence-electron chi connectivity index (χ1n) is 12.7. The number of fused-ring (bicyclic) bond motifs is 5. The summed E-state index contributed by atoms with van der Waals surface area (Å²) < 4.78 is 6.10. The number of anilines is 1. The summed E-state index contributed by atoms with van der Waals surface area (Å²) in [6.45, 7) is 0.317.